The molecule has 0 fully saturated rings. The van der Waals surface area contributed by atoms with E-state index in [-0.39, 0.29) is 12.0 Å². The van der Waals surface area contributed by atoms with Gasteiger partial charge in [0.15, 0.2) is 0 Å². The monoisotopic (exact) mass is 460 g/mol. The van der Waals surface area contributed by atoms with Gasteiger partial charge in [0.05, 0.1) is 6.10 Å². The van der Waals surface area contributed by atoms with Crippen molar-refractivity contribution in [3.63, 3.8) is 0 Å². The molecule has 0 saturated heterocycles. The van der Waals surface area contributed by atoms with Gasteiger partial charge in [0.1, 0.15) is 5.75 Å². The van der Waals surface area contributed by atoms with Crippen LogP contribution in [-0.2, 0) is 24.3 Å². The number of para-hydroxylation sites is 1. The van der Waals surface area contributed by atoms with E-state index in [1.165, 1.54) is 22.0 Å². The highest BCUT2D eigenvalue weighted by Crippen LogP contribution is 2.24. The number of hydrogen-bond acceptors (Lipinski definition) is 2. The van der Waals surface area contributed by atoms with Crippen LogP contribution in [0.25, 0.3) is 10.9 Å². The Morgan fingerprint density at radius 1 is 0.970 bits per heavy atom. The first-order valence-corrected chi connectivity index (χ1v) is 11.7. The fourth-order valence-corrected chi connectivity index (χ4v) is 4.06. The minimum absolute atomic E-state index is 0.0482. The van der Waals surface area contributed by atoms with Crippen LogP contribution in [0.5, 0.6) is 5.75 Å². The maximum Gasteiger partial charge on any atom is 0.220 e. The van der Waals surface area contributed by atoms with Crippen molar-refractivity contribution in [2.24, 2.45) is 0 Å². The largest absolute Gasteiger partial charge is 0.491 e. The van der Waals surface area contributed by atoms with Crippen molar-refractivity contribution in [3.05, 3.63) is 101 Å². The molecule has 0 unspecified atom stereocenters. The van der Waals surface area contributed by atoms with E-state index in [4.69, 9.17) is 16.3 Å². The van der Waals surface area contributed by atoms with Gasteiger partial charge in [-0.3, -0.25) is 4.79 Å². The number of halogens is 1. The lowest BCUT2D eigenvalue weighted by Gasteiger charge is -2.10. The Kier molecular flexibility index (Phi) is 7.36. The molecule has 0 aliphatic heterocycles. The number of fused-ring (bicyclic) bond motifs is 1. The van der Waals surface area contributed by atoms with Gasteiger partial charge >= 0.3 is 0 Å². The summed E-state index contributed by atoms with van der Waals surface area (Å²) < 4.78 is 7.91. The second kappa shape index (κ2) is 10.6. The van der Waals surface area contributed by atoms with Crippen molar-refractivity contribution in [2.75, 3.05) is 0 Å². The number of carbonyl (C=O) groups is 1. The standard InChI is InChI=1S/C28H29ClN2O2/c1-20(2)33-25-14-9-21(10-15-25)17-30-28(32)16-11-23-19-31(27-6-4-3-5-26(23)27)18-22-7-12-24(29)13-8-22/h3-10,12-15,19-20H,11,16-18H2,1-2H3,(H,30,32). The van der Waals surface area contributed by atoms with Crippen molar-refractivity contribution < 1.29 is 9.53 Å². The Hall–Kier alpha value is -3.24. The summed E-state index contributed by atoms with van der Waals surface area (Å²) in [6, 6.07) is 24.1. The SMILES string of the molecule is CC(C)Oc1ccc(CNC(=O)CCc2cn(Cc3ccc(Cl)cc3)c3ccccc23)cc1. The molecule has 0 spiro atoms. The number of aromatic nitrogens is 1. The highest BCUT2D eigenvalue weighted by atomic mass is 35.5. The van der Waals surface area contributed by atoms with Gasteiger partial charge in [-0.05, 0) is 67.3 Å². The Balaban J connectivity index is 1.36. The van der Waals surface area contributed by atoms with Crippen LogP contribution in [0, 0.1) is 0 Å². The average Bonchev–Trinajstić information content (AvgIpc) is 3.16. The number of rotatable bonds is 9. The molecule has 0 saturated carbocycles. The molecule has 0 atom stereocenters. The third-order valence-corrected chi connectivity index (χ3v) is 5.80. The molecule has 4 rings (SSSR count). The van der Waals surface area contributed by atoms with Gasteiger partial charge in [-0.1, -0.05) is 54.1 Å². The van der Waals surface area contributed by atoms with Crippen LogP contribution in [0.3, 0.4) is 0 Å². The quantitative estimate of drug-likeness (QED) is 0.315. The molecule has 4 nitrogen and oxygen atoms in total. The predicted molar refractivity (Wildman–Crippen MR) is 135 cm³/mol. The Morgan fingerprint density at radius 3 is 2.39 bits per heavy atom. The van der Waals surface area contributed by atoms with Crippen molar-refractivity contribution in [1.29, 1.82) is 0 Å². The number of carbonyl (C=O) groups excluding carboxylic acids is 1. The van der Waals surface area contributed by atoms with Crippen molar-refractivity contribution in [2.45, 2.75) is 45.9 Å². The van der Waals surface area contributed by atoms with E-state index < -0.39 is 0 Å². The molecule has 1 aromatic heterocycles. The molecule has 0 bridgehead atoms. The van der Waals surface area contributed by atoms with Gasteiger partial charge in [-0.15, -0.1) is 0 Å². The van der Waals surface area contributed by atoms with Crippen LogP contribution in [0.15, 0.2) is 79.0 Å². The summed E-state index contributed by atoms with van der Waals surface area (Å²) in [5.41, 5.74) is 4.60. The van der Waals surface area contributed by atoms with E-state index in [0.717, 1.165) is 22.9 Å². The molecular formula is C28H29ClN2O2. The van der Waals surface area contributed by atoms with Crippen molar-refractivity contribution in [1.82, 2.24) is 9.88 Å². The number of nitrogens with zero attached hydrogens (tertiary/aromatic N) is 1. The van der Waals surface area contributed by atoms with Crippen LogP contribution in [-0.4, -0.2) is 16.6 Å². The zero-order valence-electron chi connectivity index (χ0n) is 19.1. The van der Waals surface area contributed by atoms with Crippen molar-refractivity contribution >= 4 is 28.4 Å². The summed E-state index contributed by atoms with van der Waals surface area (Å²) >= 11 is 6.02. The second-order valence-electron chi connectivity index (χ2n) is 8.51. The fourth-order valence-electron chi connectivity index (χ4n) is 3.93. The van der Waals surface area contributed by atoms with E-state index in [1.54, 1.807) is 0 Å². The van der Waals surface area contributed by atoms with E-state index in [9.17, 15) is 4.79 Å². The summed E-state index contributed by atoms with van der Waals surface area (Å²) in [6.07, 6.45) is 3.46. The smallest absolute Gasteiger partial charge is 0.220 e. The van der Waals surface area contributed by atoms with Crippen LogP contribution in [0.1, 0.15) is 37.0 Å². The molecule has 33 heavy (non-hydrogen) atoms. The van der Waals surface area contributed by atoms with Crippen molar-refractivity contribution in [3.8, 4) is 5.75 Å². The Labute approximate surface area is 200 Å². The minimum atomic E-state index is 0.0482. The van der Waals surface area contributed by atoms with E-state index in [1.807, 2.05) is 68.4 Å². The number of ether oxygens (including phenoxy) is 1. The minimum Gasteiger partial charge on any atom is -0.491 e. The molecular weight excluding hydrogens is 432 g/mol. The highest BCUT2D eigenvalue weighted by Gasteiger charge is 2.11. The first kappa shape index (κ1) is 22.9. The van der Waals surface area contributed by atoms with Gasteiger partial charge in [-0.2, -0.15) is 0 Å². The number of aryl methyl sites for hydroxylation is 1. The number of nitrogens with one attached hydrogen (secondary N) is 1. The number of benzene rings is 3. The number of amides is 1. The third kappa shape index (κ3) is 6.17. The highest BCUT2D eigenvalue weighted by molar-refractivity contribution is 6.30. The molecule has 0 aliphatic rings. The van der Waals surface area contributed by atoms with Gasteiger partial charge in [-0.25, -0.2) is 0 Å². The average molecular weight is 461 g/mol. The third-order valence-electron chi connectivity index (χ3n) is 5.54. The summed E-state index contributed by atoms with van der Waals surface area (Å²) in [4.78, 5) is 12.5. The molecule has 5 heteroatoms. The molecule has 170 valence electrons. The van der Waals surface area contributed by atoms with Crippen LogP contribution in [0.2, 0.25) is 5.02 Å². The summed E-state index contributed by atoms with van der Waals surface area (Å²) in [5, 5.41) is 4.96. The maximum absolute atomic E-state index is 12.5. The lowest BCUT2D eigenvalue weighted by atomic mass is 10.1. The zero-order chi connectivity index (χ0) is 23.2. The number of hydrogen-bond donors (Lipinski definition) is 1. The van der Waals surface area contributed by atoms with Gasteiger partial charge < -0.3 is 14.6 Å². The topological polar surface area (TPSA) is 43.3 Å². The summed E-state index contributed by atoms with van der Waals surface area (Å²) in [5.74, 6) is 0.891. The summed E-state index contributed by atoms with van der Waals surface area (Å²) in [6.45, 7) is 5.28. The molecule has 1 heterocycles. The van der Waals surface area contributed by atoms with Gasteiger partial charge in [0.2, 0.25) is 5.91 Å². The Bertz CT molecular complexity index is 1210. The molecule has 1 N–H and O–H groups in total. The molecule has 1 amide bonds. The molecule has 3 aromatic carbocycles. The van der Waals surface area contributed by atoms with Crippen LogP contribution in [0.4, 0.5) is 0 Å². The lowest BCUT2D eigenvalue weighted by molar-refractivity contribution is -0.121. The molecule has 0 aliphatic carbocycles. The normalized spacial score (nSPS) is 11.2. The Morgan fingerprint density at radius 2 is 1.67 bits per heavy atom. The first-order chi connectivity index (χ1) is 16.0. The second-order valence-corrected chi connectivity index (χ2v) is 8.95. The van der Waals surface area contributed by atoms with Gasteiger partial charge in [0, 0.05) is 41.6 Å². The zero-order valence-corrected chi connectivity index (χ0v) is 19.8. The molecule has 0 radical (unpaired) electrons. The van der Waals surface area contributed by atoms with Gasteiger partial charge in [0.25, 0.3) is 0 Å². The van der Waals surface area contributed by atoms with E-state index in [0.29, 0.717) is 19.4 Å². The maximum atomic E-state index is 12.5. The van der Waals surface area contributed by atoms with E-state index in [2.05, 4.69) is 34.3 Å². The predicted octanol–water partition coefficient (Wildman–Crippen LogP) is 6.38. The van der Waals surface area contributed by atoms with Crippen LogP contribution < -0.4 is 10.1 Å². The molecule has 4 aromatic rings. The first-order valence-electron chi connectivity index (χ1n) is 11.3. The lowest BCUT2D eigenvalue weighted by Crippen LogP contribution is -2.22. The van der Waals surface area contributed by atoms with Crippen LogP contribution >= 0.6 is 11.6 Å². The fraction of sp³-hybridized carbons (Fsp3) is 0.250. The van der Waals surface area contributed by atoms with E-state index >= 15 is 0 Å². The summed E-state index contributed by atoms with van der Waals surface area (Å²) in [7, 11) is 0.